The van der Waals surface area contributed by atoms with Gasteiger partial charge in [0, 0.05) is 19.4 Å². The molecular weight excluding hydrogens is 686 g/mol. The van der Waals surface area contributed by atoms with Crippen LogP contribution in [0, 0.1) is 52.3 Å². The maximum Gasteiger partial charge on any atom is 0.508 e. The zero-order chi connectivity index (χ0) is 38.0. The zero-order valence-corrected chi connectivity index (χ0v) is 33.7. The molecule has 8 aliphatic carbocycles. The molecule has 0 saturated heterocycles. The third kappa shape index (κ3) is 12.1. The van der Waals surface area contributed by atoms with Gasteiger partial charge in [0.1, 0.15) is 19.8 Å². The minimum atomic E-state index is -0.766. The largest absolute Gasteiger partial charge is 0.508 e. The summed E-state index contributed by atoms with van der Waals surface area (Å²) < 4.78 is 27.7. The molecule has 0 aromatic heterocycles. The van der Waals surface area contributed by atoms with Crippen LogP contribution >= 0.6 is 0 Å². The van der Waals surface area contributed by atoms with Crippen molar-refractivity contribution in [2.75, 3.05) is 52.7 Å². The van der Waals surface area contributed by atoms with Gasteiger partial charge in [0.15, 0.2) is 0 Å². The molecule has 1 atom stereocenters. The second kappa shape index (κ2) is 19.7. The Kier molecular flexibility index (Phi) is 15.0. The Bertz CT molecular complexity index is 1180. The summed E-state index contributed by atoms with van der Waals surface area (Å²) >= 11 is 0. The Hall–Kier alpha value is -2.36. The molecule has 0 aromatic carbocycles. The molecule has 0 aliphatic heterocycles. The van der Waals surface area contributed by atoms with E-state index < -0.39 is 12.1 Å². The van der Waals surface area contributed by atoms with E-state index in [1.165, 1.54) is 57.8 Å². The van der Waals surface area contributed by atoms with E-state index in [4.69, 9.17) is 23.7 Å². The van der Waals surface area contributed by atoms with Crippen LogP contribution in [0.5, 0.6) is 0 Å². The lowest BCUT2D eigenvalue weighted by molar-refractivity contribution is -0.155. The third-order valence-corrected chi connectivity index (χ3v) is 14.4. The van der Waals surface area contributed by atoms with Crippen molar-refractivity contribution < 1.29 is 42.9 Å². The van der Waals surface area contributed by atoms with E-state index in [2.05, 4.69) is 18.7 Å². The average Bonchev–Trinajstić information content (AvgIpc) is 3.11. The van der Waals surface area contributed by atoms with Crippen molar-refractivity contribution in [3.63, 3.8) is 0 Å². The van der Waals surface area contributed by atoms with Gasteiger partial charge in [-0.25, -0.2) is 4.79 Å². The highest BCUT2D eigenvalue weighted by atomic mass is 16.7. The molecule has 10 heteroatoms. The minimum absolute atomic E-state index is 0.00614. The molecule has 8 aliphatic rings. The quantitative estimate of drug-likeness (QED) is 0.0538. The lowest BCUT2D eigenvalue weighted by Crippen LogP contribution is -2.47. The fraction of sp³-hybridized carbons (Fsp3) is 0.909. The van der Waals surface area contributed by atoms with Crippen molar-refractivity contribution in [1.29, 1.82) is 0 Å². The van der Waals surface area contributed by atoms with E-state index >= 15 is 0 Å². The van der Waals surface area contributed by atoms with Crippen LogP contribution in [0.25, 0.3) is 0 Å². The van der Waals surface area contributed by atoms with Crippen molar-refractivity contribution in [1.82, 2.24) is 4.90 Å². The van der Waals surface area contributed by atoms with E-state index in [1.807, 2.05) is 0 Å². The second-order valence-electron chi connectivity index (χ2n) is 18.9. The van der Waals surface area contributed by atoms with Gasteiger partial charge in [-0.15, -0.1) is 0 Å². The van der Waals surface area contributed by atoms with E-state index in [0.29, 0.717) is 37.7 Å². The van der Waals surface area contributed by atoms with Crippen LogP contribution in [0.1, 0.15) is 149 Å². The fourth-order valence-corrected chi connectivity index (χ4v) is 12.7. The highest BCUT2D eigenvalue weighted by Gasteiger charge is 2.52. The van der Waals surface area contributed by atoms with Crippen LogP contribution in [0.3, 0.4) is 0 Å². The molecule has 8 bridgehead atoms. The summed E-state index contributed by atoms with van der Waals surface area (Å²) in [5, 5.41) is 0. The predicted molar refractivity (Wildman–Crippen MR) is 204 cm³/mol. The van der Waals surface area contributed by atoms with Crippen molar-refractivity contribution in [2.45, 2.75) is 149 Å². The van der Waals surface area contributed by atoms with Crippen LogP contribution in [0.4, 0.5) is 4.79 Å². The number of carbonyl (C=O) groups excluding carboxylic acids is 4. The number of hydrogen-bond acceptors (Lipinski definition) is 10. The first kappa shape index (κ1) is 41.3. The van der Waals surface area contributed by atoms with Crippen molar-refractivity contribution in [3.05, 3.63) is 0 Å². The molecule has 0 aromatic rings. The summed E-state index contributed by atoms with van der Waals surface area (Å²) in [5.74, 6) is 3.89. The van der Waals surface area contributed by atoms with Crippen LogP contribution in [-0.4, -0.2) is 81.6 Å². The Balaban J connectivity index is 0.844. The Morgan fingerprint density at radius 2 is 1.00 bits per heavy atom. The number of nitrogens with zero attached hydrogens (tertiary/aromatic N) is 1. The van der Waals surface area contributed by atoms with Crippen molar-refractivity contribution >= 4 is 24.1 Å². The molecule has 0 spiro atoms. The first-order chi connectivity index (χ1) is 26.1. The smallest absolute Gasteiger partial charge is 0.466 e. The summed E-state index contributed by atoms with van der Waals surface area (Å²) in [5.41, 5.74) is 0.513. The number of carbonyl (C=O) groups is 4. The standard InChI is InChI=1S/C44H71NO9/c1-3-45(4-2)13-9-14-51-42(49)54-31-38(30-53-41(48)28-44-25-35-19-36(26-44)21-37(20-35)27-44)29-52-40(47)11-8-6-5-7-10-39(46)50-15-12-43-22-32-16-33(23-43)18-34(17-32)24-43/h32-38H,3-31H2,1-2H3. The summed E-state index contributed by atoms with van der Waals surface area (Å²) in [4.78, 5) is 52.8. The zero-order valence-electron chi connectivity index (χ0n) is 33.7. The van der Waals surface area contributed by atoms with Gasteiger partial charge < -0.3 is 28.6 Å². The lowest BCUT2D eigenvalue weighted by Gasteiger charge is -2.57. The Morgan fingerprint density at radius 1 is 0.537 bits per heavy atom. The van der Waals surface area contributed by atoms with Gasteiger partial charge in [-0.2, -0.15) is 0 Å². The molecule has 8 saturated carbocycles. The number of esters is 3. The predicted octanol–water partition coefficient (Wildman–Crippen LogP) is 8.67. The maximum absolute atomic E-state index is 13.1. The van der Waals surface area contributed by atoms with Gasteiger partial charge in [0.05, 0.1) is 25.6 Å². The Labute approximate surface area is 324 Å². The summed E-state index contributed by atoms with van der Waals surface area (Å²) in [6.07, 6.45) is 20.9. The van der Waals surface area contributed by atoms with Crippen LogP contribution < -0.4 is 0 Å². The van der Waals surface area contributed by atoms with E-state index in [9.17, 15) is 19.2 Å². The van der Waals surface area contributed by atoms with Crippen LogP contribution in [-0.2, 0) is 38.1 Å². The van der Waals surface area contributed by atoms with Gasteiger partial charge in [-0.05, 0) is 162 Å². The topological polar surface area (TPSA) is 118 Å². The maximum atomic E-state index is 13.1. The van der Waals surface area contributed by atoms with E-state index in [0.717, 1.165) is 100 Å². The molecule has 8 fully saturated rings. The molecule has 10 nitrogen and oxygen atoms in total. The molecule has 54 heavy (non-hydrogen) atoms. The number of ether oxygens (including phenoxy) is 5. The molecule has 1 unspecified atom stereocenters. The van der Waals surface area contributed by atoms with Gasteiger partial charge in [-0.1, -0.05) is 26.7 Å². The normalized spacial score (nSPS) is 32.1. The third-order valence-electron chi connectivity index (χ3n) is 14.4. The SMILES string of the molecule is CCN(CC)CCCOC(=O)OCC(COC(=O)CCCCCCC(=O)OCCC12CC3CC(CC(C3)C1)C2)COC(=O)CC12CC3CC(CC(C3)C1)C2. The number of unbranched alkanes of at least 4 members (excludes halogenated alkanes) is 3. The molecule has 0 radical (unpaired) electrons. The monoisotopic (exact) mass is 758 g/mol. The summed E-state index contributed by atoms with van der Waals surface area (Å²) in [6.45, 7) is 7.70. The summed E-state index contributed by atoms with van der Waals surface area (Å²) in [6, 6.07) is 0. The van der Waals surface area contributed by atoms with E-state index in [1.54, 1.807) is 0 Å². The first-order valence-electron chi connectivity index (χ1n) is 22.1. The summed E-state index contributed by atoms with van der Waals surface area (Å²) in [7, 11) is 0. The molecule has 0 N–H and O–H groups in total. The fourth-order valence-electron chi connectivity index (χ4n) is 12.7. The van der Waals surface area contributed by atoms with Gasteiger partial charge in [0.25, 0.3) is 0 Å². The Morgan fingerprint density at radius 3 is 1.52 bits per heavy atom. The van der Waals surface area contributed by atoms with E-state index in [-0.39, 0.29) is 56.2 Å². The highest BCUT2D eigenvalue weighted by Crippen LogP contribution is 2.62. The highest BCUT2D eigenvalue weighted by molar-refractivity contribution is 5.71. The molecular formula is C44H71NO9. The second-order valence-corrected chi connectivity index (χ2v) is 18.9. The van der Waals surface area contributed by atoms with Crippen LogP contribution in [0.2, 0.25) is 0 Å². The van der Waals surface area contributed by atoms with Gasteiger partial charge >= 0.3 is 24.1 Å². The van der Waals surface area contributed by atoms with Crippen molar-refractivity contribution in [2.24, 2.45) is 52.3 Å². The molecule has 0 amide bonds. The number of hydrogen-bond donors (Lipinski definition) is 0. The number of rotatable bonds is 24. The molecule has 306 valence electrons. The lowest BCUT2D eigenvalue weighted by atomic mass is 9.49. The first-order valence-corrected chi connectivity index (χ1v) is 22.1. The van der Waals surface area contributed by atoms with Crippen LogP contribution in [0.15, 0.2) is 0 Å². The van der Waals surface area contributed by atoms with Gasteiger partial charge in [-0.3, -0.25) is 14.4 Å². The van der Waals surface area contributed by atoms with Crippen molar-refractivity contribution in [3.8, 4) is 0 Å². The molecule has 8 rings (SSSR count). The minimum Gasteiger partial charge on any atom is -0.466 e. The average molecular weight is 758 g/mol. The van der Waals surface area contributed by atoms with Gasteiger partial charge in [0.2, 0.25) is 0 Å². The molecule has 0 heterocycles.